The van der Waals surface area contributed by atoms with Gasteiger partial charge in [0.25, 0.3) is 5.69 Å². The van der Waals surface area contributed by atoms with E-state index in [1.165, 1.54) is 19.2 Å². The average molecular weight is 397 g/mol. The minimum absolute atomic E-state index is 0.0654. The largest absolute Gasteiger partial charge is 0.496 e. The van der Waals surface area contributed by atoms with Crippen LogP contribution in [0.1, 0.15) is 41.9 Å². The quantitative estimate of drug-likeness (QED) is 0.538. The first-order chi connectivity index (χ1) is 13.8. The Morgan fingerprint density at radius 3 is 2.55 bits per heavy atom. The molecule has 0 aliphatic carbocycles. The van der Waals surface area contributed by atoms with Gasteiger partial charge in [-0.25, -0.2) is 4.79 Å². The normalized spacial score (nSPS) is 18.3. The molecule has 1 aliphatic heterocycles. The number of nitro benzene ring substituents is 1. The Morgan fingerprint density at radius 1 is 1.24 bits per heavy atom. The van der Waals surface area contributed by atoms with Crippen LogP contribution in [-0.2, 0) is 4.74 Å². The Hall–Kier alpha value is -3.19. The molecule has 1 fully saturated rings. The van der Waals surface area contributed by atoms with E-state index < -0.39 is 10.5 Å². The Balaban J connectivity index is 1.78. The number of nitro groups is 1. The molecule has 7 heteroatoms. The van der Waals surface area contributed by atoms with E-state index in [2.05, 4.69) is 0 Å². The van der Waals surface area contributed by atoms with Gasteiger partial charge < -0.3 is 13.9 Å². The summed E-state index contributed by atoms with van der Waals surface area (Å²) >= 11 is 0. The molecule has 0 saturated carbocycles. The lowest BCUT2D eigenvalue weighted by atomic mass is 10.0. The van der Waals surface area contributed by atoms with Gasteiger partial charge in [0.15, 0.2) is 0 Å². The molecule has 0 amide bonds. The molecule has 0 N–H and O–H groups in total. The van der Waals surface area contributed by atoms with Crippen molar-refractivity contribution in [2.24, 2.45) is 0 Å². The first-order valence-electron chi connectivity index (χ1n) is 9.22. The summed E-state index contributed by atoms with van der Waals surface area (Å²) in [5.41, 5.74) is 3.82. The Kier molecular flexibility index (Phi) is 5.98. The molecule has 1 unspecified atom stereocenters. The zero-order valence-electron chi connectivity index (χ0n) is 16.9. The molecule has 2 heterocycles. The second kappa shape index (κ2) is 8.45. The van der Waals surface area contributed by atoms with Crippen LogP contribution in [0.3, 0.4) is 0 Å². The predicted octanol–water partition coefficient (Wildman–Crippen LogP) is 4.66. The van der Waals surface area contributed by atoms with Crippen molar-refractivity contribution in [3.63, 3.8) is 0 Å². The van der Waals surface area contributed by atoms with E-state index >= 15 is 0 Å². The lowest BCUT2D eigenvalue weighted by molar-refractivity contribution is -0.384. The summed E-state index contributed by atoms with van der Waals surface area (Å²) in [4.78, 5) is 22.4. The molecular formula is C22H23NO6. The molecule has 152 valence electrons. The minimum Gasteiger partial charge on any atom is -0.496 e. The number of allylic oxidation sites excluding steroid dienone is 2. The highest BCUT2D eigenvalue weighted by atomic mass is 16.6. The number of rotatable bonds is 5. The SMILES string of the molecule is COc1c(C)c(C2C/C(=C/C(C)=C/c3ccc([N+](=O)[O-])cc3)CO2)oc(=O)c1C. The van der Waals surface area contributed by atoms with Crippen molar-refractivity contribution in [2.75, 3.05) is 13.7 Å². The highest BCUT2D eigenvalue weighted by Gasteiger charge is 2.28. The summed E-state index contributed by atoms with van der Waals surface area (Å²) < 4.78 is 16.7. The number of non-ortho nitro benzene ring substituents is 1. The zero-order chi connectivity index (χ0) is 21.1. The van der Waals surface area contributed by atoms with Crippen LogP contribution < -0.4 is 10.4 Å². The third-order valence-electron chi connectivity index (χ3n) is 4.90. The molecule has 1 atom stereocenters. The molecule has 1 aliphatic rings. The molecule has 1 saturated heterocycles. The fraction of sp³-hybridized carbons (Fsp3) is 0.318. The van der Waals surface area contributed by atoms with Gasteiger partial charge in [0.05, 0.1) is 24.2 Å². The van der Waals surface area contributed by atoms with Gasteiger partial charge in [-0.2, -0.15) is 0 Å². The van der Waals surface area contributed by atoms with Crippen molar-refractivity contribution in [1.82, 2.24) is 0 Å². The second-order valence-electron chi connectivity index (χ2n) is 7.08. The van der Waals surface area contributed by atoms with Crippen LogP contribution in [0.15, 0.2) is 50.7 Å². The smallest absolute Gasteiger partial charge is 0.342 e. The van der Waals surface area contributed by atoms with Crippen molar-refractivity contribution < 1.29 is 18.8 Å². The van der Waals surface area contributed by atoms with Crippen LogP contribution >= 0.6 is 0 Å². The van der Waals surface area contributed by atoms with Gasteiger partial charge in [-0.1, -0.05) is 17.7 Å². The van der Waals surface area contributed by atoms with Crippen molar-refractivity contribution in [1.29, 1.82) is 0 Å². The summed E-state index contributed by atoms with van der Waals surface area (Å²) in [6.07, 6.45) is 4.25. The number of hydrogen-bond donors (Lipinski definition) is 0. The van der Waals surface area contributed by atoms with Crippen LogP contribution in [0.4, 0.5) is 5.69 Å². The van der Waals surface area contributed by atoms with Gasteiger partial charge in [-0.3, -0.25) is 10.1 Å². The minimum atomic E-state index is -0.419. The van der Waals surface area contributed by atoms with Crippen molar-refractivity contribution in [2.45, 2.75) is 33.3 Å². The van der Waals surface area contributed by atoms with E-state index in [1.54, 1.807) is 19.1 Å². The Labute approximate surface area is 168 Å². The van der Waals surface area contributed by atoms with E-state index in [-0.39, 0.29) is 11.8 Å². The standard InChI is InChI=1S/C22H23NO6/c1-13(9-16-5-7-18(8-6-16)23(25)26)10-17-11-19(28-12-17)21-14(2)20(27-4)15(3)22(24)29-21/h5-10,19H,11-12H2,1-4H3/b13-9+,17-10-. The van der Waals surface area contributed by atoms with Crippen molar-refractivity contribution in [3.05, 3.63) is 84.5 Å². The number of methoxy groups -OCH3 is 1. The summed E-state index contributed by atoms with van der Waals surface area (Å²) in [5.74, 6) is 1.03. The average Bonchev–Trinajstić information content (AvgIpc) is 3.13. The van der Waals surface area contributed by atoms with Crippen molar-refractivity contribution >= 4 is 11.8 Å². The summed E-state index contributed by atoms with van der Waals surface area (Å²) in [6, 6.07) is 6.39. The predicted molar refractivity (Wildman–Crippen MR) is 109 cm³/mol. The van der Waals surface area contributed by atoms with Crippen LogP contribution in [0.25, 0.3) is 6.08 Å². The monoisotopic (exact) mass is 397 g/mol. The topological polar surface area (TPSA) is 91.8 Å². The van der Waals surface area contributed by atoms with Crippen LogP contribution in [0.2, 0.25) is 0 Å². The molecule has 0 spiro atoms. The number of nitrogens with zero attached hydrogens (tertiary/aromatic N) is 1. The third kappa shape index (κ3) is 4.46. The molecule has 29 heavy (non-hydrogen) atoms. The highest BCUT2D eigenvalue weighted by Crippen LogP contribution is 2.37. The molecular weight excluding hydrogens is 374 g/mol. The maximum atomic E-state index is 12.1. The van der Waals surface area contributed by atoms with E-state index in [9.17, 15) is 14.9 Å². The lowest BCUT2D eigenvalue weighted by Crippen LogP contribution is -2.12. The van der Waals surface area contributed by atoms with Crippen LogP contribution in [0.5, 0.6) is 5.75 Å². The number of hydrogen-bond acceptors (Lipinski definition) is 6. The molecule has 3 rings (SSSR count). The molecule has 0 radical (unpaired) electrons. The summed E-state index contributed by atoms with van der Waals surface area (Å²) in [7, 11) is 1.53. The third-order valence-corrected chi connectivity index (χ3v) is 4.90. The molecule has 2 aromatic rings. The van der Waals surface area contributed by atoms with Crippen molar-refractivity contribution in [3.8, 4) is 5.75 Å². The molecule has 1 aromatic heterocycles. The maximum Gasteiger partial charge on any atom is 0.342 e. The highest BCUT2D eigenvalue weighted by molar-refractivity contribution is 5.57. The van der Waals surface area contributed by atoms with Gasteiger partial charge in [-0.05, 0) is 44.0 Å². The summed E-state index contributed by atoms with van der Waals surface area (Å²) in [5, 5.41) is 10.7. The van der Waals surface area contributed by atoms with E-state index in [4.69, 9.17) is 13.9 Å². The second-order valence-corrected chi connectivity index (χ2v) is 7.08. The fourth-order valence-electron chi connectivity index (χ4n) is 3.50. The van der Waals surface area contributed by atoms with Crippen LogP contribution in [-0.4, -0.2) is 18.6 Å². The molecule has 0 bridgehead atoms. The lowest BCUT2D eigenvalue weighted by Gasteiger charge is -2.14. The molecule has 7 nitrogen and oxygen atoms in total. The number of ether oxygens (including phenoxy) is 2. The van der Waals surface area contributed by atoms with Gasteiger partial charge in [0.2, 0.25) is 0 Å². The fourth-order valence-corrected chi connectivity index (χ4v) is 3.50. The first-order valence-corrected chi connectivity index (χ1v) is 9.22. The summed E-state index contributed by atoms with van der Waals surface area (Å²) in [6.45, 7) is 5.93. The number of benzene rings is 1. The van der Waals surface area contributed by atoms with Gasteiger partial charge in [-0.15, -0.1) is 0 Å². The van der Waals surface area contributed by atoms with Crippen LogP contribution in [0, 0.1) is 24.0 Å². The van der Waals surface area contributed by atoms with E-state index in [0.29, 0.717) is 30.1 Å². The maximum absolute atomic E-state index is 12.1. The first kappa shape index (κ1) is 20.5. The molecule has 1 aromatic carbocycles. The van der Waals surface area contributed by atoms with E-state index in [1.807, 2.05) is 26.0 Å². The van der Waals surface area contributed by atoms with Gasteiger partial charge in [0, 0.05) is 24.1 Å². The van der Waals surface area contributed by atoms with Gasteiger partial charge >= 0.3 is 5.63 Å². The van der Waals surface area contributed by atoms with Gasteiger partial charge in [0.1, 0.15) is 17.6 Å². The Morgan fingerprint density at radius 2 is 1.93 bits per heavy atom. The zero-order valence-corrected chi connectivity index (χ0v) is 16.9. The van der Waals surface area contributed by atoms with E-state index in [0.717, 1.165) is 22.3 Å². The Bertz CT molecular complexity index is 1050.